The van der Waals surface area contributed by atoms with Crippen LogP contribution in [0.2, 0.25) is 0 Å². The zero-order valence-electron chi connectivity index (χ0n) is 9.37. The van der Waals surface area contributed by atoms with E-state index < -0.39 is 5.97 Å². The number of hydrogen-bond acceptors (Lipinski definition) is 2. The summed E-state index contributed by atoms with van der Waals surface area (Å²) in [6.07, 6.45) is 1.20. The van der Waals surface area contributed by atoms with Gasteiger partial charge in [0.2, 0.25) is 0 Å². The number of carbonyl (C=O) groups is 1. The minimum absolute atomic E-state index is 0.337. The Morgan fingerprint density at radius 2 is 1.88 bits per heavy atom. The van der Waals surface area contributed by atoms with Gasteiger partial charge in [-0.15, -0.1) is 11.3 Å². The van der Waals surface area contributed by atoms with Crippen LogP contribution < -0.4 is 0 Å². The maximum atomic E-state index is 11.2. The van der Waals surface area contributed by atoms with E-state index in [9.17, 15) is 9.90 Å². The molecule has 17 heavy (non-hydrogen) atoms. The smallest absolute Gasteiger partial charge is 0.307 e. The zero-order chi connectivity index (χ0) is 12.1. The maximum Gasteiger partial charge on any atom is 0.307 e. The number of benzene rings is 1. The second-order valence-electron chi connectivity index (χ2n) is 4.01. The highest BCUT2D eigenvalue weighted by molar-refractivity contribution is 7.09. The molecule has 2 aromatic rings. The van der Waals surface area contributed by atoms with Gasteiger partial charge in [0.15, 0.2) is 0 Å². The van der Waals surface area contributed by atoms with Crippen molar-refractivity contribution in [3.05, 3.63) is 58.3 Å². The Morgan fingerprint density at radius 3 is 2.47 bits per heavy atom. The number of thiophene rings is 1. The summed E-state index contributed by atoms with van der Waals surface area (Å²) in [7, 11) is 0. The number of carboxylic acid groups (broad SMARTS) is 1. The summed E-state index contributed by atoms with van der Waals surface area (Å²) in [5, 5.41) is 11.2. The number of aliphatic carboxylic acids is 1. The first-order chi connectivity index (χ1) is 8.25. The fourth-order valence-electron chi connectivity index (χ4n) is 1.82. The number of hydrogen-bond donors (Lipinski definition) is 1. The molecule has 0 radical (unpaired) electrons. The molecule has 1 heterocycles. The number of rotatable bonds is 5. The van der Waals surface area contributed by atoms with Crippen molar-refractivity contribution in [3.63, 3.8) is 0 Å². The molecule has 1 atom stereocenters. The van der Waals surface area contributed by atoms with Crippen LogP contribution in [0.5, 0.6) is 0 Å². The molecule has 1 aromatic heterocycles. The first-order valence-electron chi connectivity index (χ1n) is 5.55. The maximum absolute atomic E-state index is 11.2. The van der Waals surface area contributed by atoms with E-state index in [2.05, 4.69) is 0 Å². The molecule has 0 bridgehead atoms. The van der Waals surface area contributed by atoms with Crippen LogP contribution in [0, 0.1) is 5.92 Å². The molecular weight excluding hydrogens is 232 g/mol. The van der Waals surface area contributed by atoms with Crippen molar-refractivity contribution in [3.8, 4) is 0 Å². The van der Waals surface area contributed by atoms with Crippen molar-refractivity contribution in [2.45, 2.75) is 12.8 Å². The normalized spacial score (nSPS) is 12.2. The van der Waals surface area contributed by atoms with Gasteiger partial charge in [-0.2, -0.15) is 0 Å². The van der Waals surface area contributed by atoms with Gasteiger partial charge in [0.05, 0.1) is 5.92 Å². The monoisotopic (exact) mass is 246 g/mol. The first-order valence-corrected chi connectivity index (χ1v) is 6.43. The van der Waals surface area contributed by atoms with Crippen molar-refractivity contribution < 1.29 is 9.90 Å². The molecule has 0 amide bonds. The van der Waals surface area contributed by atoms with E-state index in [-0.39, 0.29) is 5.92 Å². The van der Waals surface area contributed by atoms with Crippen LogP contribution in [-0.2, 0) is 17.6 Å². The highest BCUT2D eigenvalue weighted by Crippen LogP contribution is 2.18. The second kappa shape index (κ2) is 5.64. The van der Waals surface area contributed by atoms with Gasteiger partial charge >= 0.3 is 5.97 Å². The highest BCUT2D eigenvalue weighted by atomic mass is 32.1. The van der Waals surface area contributed by atoms with E-state index in [0.29, 0.717) is 12.8 Å². The molecule has 0 aliphatic carbocycles. The molecule has 0 spiro atoms. The summed E-state index contributed by atoms with van der Waals surface area (Å²) >= 11 is 1.62. The van der Waals surface area contributed by atoms with Gasteiger partial charge in [0, 0.05) is 4.88 Å². The topological polar surface area (TPSA) is 37.3 Å². The zero-order valence-corrected chi connectivity index (χ0v) is 10.2. The molecule has 0 fully saturated rings. The quantitative estimate of drug-likeness (QED) is 0.879. The molecule has 2 nitrogen and oxygen atoms in total. The van der Waals surface area contributed by atoms with Crippen LogP contribution >= 0.6 is 11.3 Å². The predicted octanol–water partition coefficient (Wildman–Crippen LogP) is 3.23. The third kappa shape index (κ3) is 3.43. The molecule has 3 heteroatoms. The van der Waals surface area contributed by atoms with Gasteiger partial charge in [-0.3, -0.25) is 4.79 Å². The minimum Gasteiger partial charge on any atom is -0.481 e. The lowest BCUT2D eigenvalue weighted by atomic mass is 9.96. The van der Waals surface area contributed by atoms with Crippen LogP contribution in [0.4, 0.5) is 0 Å². The Hall–Kier alpha value is -1.61. The molecule has 0 aliphatic heterocycles. The molecule has 0 saturated heterocycles. The summed E-state index contributed by atoms with van der Waals surface area (Å²) < 4.78 is 0. The average Bonchev–Trinajstić information content (AvgIpc) is 2.82. The Balaban J connectivity index is 2.06. The highest BCUT2D eigenvalue weighted by Gasteiger charge is 2.18. The van der Waals surface area contributed by atoms with Gasteiger partial charge in [0.25, 0.3) is 0 Å². The van der Waals surface area contributed by atoms with Gasteiger partial charge in [-0.25, -0.2) is 0 Å². The molecule has 0 saturated carbocycles. The fourth-order valence-corrected chi connectivity index (χ4v) is 2.60. The molecule has 1 unspecified atom stereocenters. The SMILES string of the molecule is O=C(O)C(Cc1ccccc1)Cc1cccs1. The largest absolute Gasteiger partial charge is 0.481 e. The average molecular weight is 246 g/mol. The van der Waals surface area contributed by atoms with Crippen molar-refractivity contribution in [2.75, 3.05) is 0 Å². The lowest BCUT2D eigenvalue weighted by Crippen LogP contribution is -2.18. The fraction of sp³-hybridized carbons (Fsp3) is 0.214. The van der Waals surface area contributed by atoms with Crippen molar-refractivity contribution in [2.24, 2.45) is 5.92 Å². The lowest BCUT2D eigenvalue weighted by Gasteiger charge is -2.11. The van der Waals surface area contributed by atoms with Gasteiger partial charge in [0.1, 0.15) is 0 Å². The molecule has 88 valence electrons. The Morgan fingerprint density at radius 1 is 1.12 bits per heavy atom. The van der Waals surface area contributed by atoms with E-state index in [1.165, 1.54) is 0 Å². The summed E-state index contributed by atoms with van der Waals surface area (Å²) in [6, 6.07) is 13.7. The van der Waals surface area contributed by atoms with E-state index in [0.717, 1.165) is 10.4 Å². The van der Waals surface area contributed by atoms with Gasteiger partial charge in [-0.05, 0) is 29.9 Å². The van der Waals surface area contributed by atoms with Crippen LogP contribution in [0.15, 0.2) is 47.8 Å². The Labute approximate surface area is 105 Å². The number of carboxylic acids is 1. The Bertz CT molecular complexity index is 462. The summed E-state index contributed by atoms with van der Waals surface area (Å²) in [5.41, 5.74) is 1.08. The lowest BCUT2D eigenvalue weighted by molar-refractivity contribution is -0.141. The van der Waals surface area contributed by atoms with E-state index in [4.69, 9.17) is 0 Å². The van der Waals surface area contributed by atoms with E-state index >= 15 is 0 Å². The molecular formula is C14H14O2S. The van der Waals surface area contributed by atoms with Crippen molar-refractivity contribution in [1.82, 2.24) is 0 Å². The minimum atomic E-state index is -0.720. The molecule has 2 rings (SSSR count). The van der Waals surface area contributed by atoms with Crippen molar-refractivity contribution >= 4 is 17.3 Å². The summed E-state index contributed by atoms with van der Waals surface area (Å²) in [4.78, 5) is 12.4. The Kier molecular flexibility index (Phi) is 3.94. The van der Waals surface area contributed by atoms with Crippen molar-refractivity contribution in [1.29, 1.82) is 0 Å². The van der Waals surface area contributed by atoms with Gasteiger partial charge in [-0.1, -0.05) is 36.4 Å². The van der Waals surface area contributed by atoms with Crippen LogP contribution in [0.25, 0.3) is 0 Å². The third-order valence-corrected chi connectivity index (χ3v) is 3.60. The standard InChI is InChI=1S/C14H14O2S/c15-14(16)12(10-13-7-4-8-17-13)9-11-5-2-1-3-6-11/h1-8,12H,9-10H2,(H,15,16). The summed E-state index contributed by atoms with van der Waals surface area (Å²) in [6.45, 7) is 0. The van der Waals surface area contributed by atoms with Crippen LogP contribution in [0.3, 0.4) is 0 Å². The van der Waals surface area contributed by atoms with Gasteiger partial charge < -0.3 is 5.11 Å². The van der Waals surface area contributed by atoms with Crippen LogP contribution in [0.1, 0.15) is 10.4 Å². The second-order valence-corrected chi connectivity index (χ2v) is 5.04. The summed E-state index contributed by atoms with van der Waals surface area (Å²) in [5.74, 6) is -1.06. The third-order valence-electron chi connectivity index (χ3n) is 2.70. The first kappa shape index (κ1) is 11.9. The van der Waals surface area contributed by atoms with Crippen LogP contribution in [-0.4, -0.2) is 11.1 Å². The molecule has 0 aliphatic rings. The molecule has 1 N–H and O–H groups in total. The molecule has 1 aromatic carbocycles. The van der Waals surface area contributed by atoms with E-state index in [1.54, 1.807) is 11.3 Å². The van der Waals surface area contributed by atoms with E-state index in [1.807, 2.05) is 47.8 Å². The predicted molar refractivity (Wildman–Crippen MR) is 69.3 cm³/mol.